The predicted octanol–water partition coefficient (Wildman–Crippen LogP) is 3.70. The summed E-state index contributed by atoms with van der Waals surface area (Å²) < 4.78 is 21.2. The first-order valence-corrected chi connectivity index (χ1v) is 7.13. The number of rotatable bonds is 5. The van der Waals surface area contributed by atoms with Crippen molar-refractivity contribution in [3.05, 3.63) is 40.9 Å². The maximum absolute atomic E-state index is 6.28. The Bertz CT molecular complexity index is 690. The van der Waals surface area contributed by atoms with Crippen LogP contribution in [0.1, 0.15) is 5.56 Å². The lowest BCUT2D eigenvalue weighted by Crippen LogP contribution is -2.01. The van der Waals surface area contributed by atoms with Gasteiger partial charge in [0.05, 0.1) is 14.2 Å². The summed E-state index contributed by atoms with van der Waals surface area (Å²) in [7, 11) is 3.18. The number of hydrogen-bond donors (Lipinski definition) is 1. The van der Waals surface area contributed by atoms with Crippen LogP contribution in [0.25, 0.3) is 0 Å². The van der Waals surface area contributed by atoms with Crippen molar-refractivity contribution in [1.29, 1.82) is 0 Å². The summed E-state index contributed by atoms with van der Waals surface area (Å²) in [4.78, 5) is 0. The van der Waals surface area contributed by atoms with Crippen LogP contribution in [0.3, 0.4) is 0 Å². The summed E-state index contributed by atoms with van der Waals surface area (Å²) in [6.07, 6.45) is 0. The molecule has 0 aromatic heterocycles. The van der Waals surface area contributed by atoms with Crippen LogP contribution in [0, 0.1) is 0 Å². The highest BCUT2D eigenvalue weighted by atomic mass is 35.5. The van der Waals surface area contributed by atoms with Crippen LogP contribution >= 0.6 is 11.6 Å². The third-order valence-electron chi connectivity index (χ3n) is 3.41. The van der Waals surface area contributed by atoms with E-state index in [1.807, 2.05) is 24.3 Å². The molecule has 0 fully saturated rings. The Kier molecular flexibility index (Phi) is 4.15. The molecule has 116 valence electrons. The summed E-state index contributed by atoms with van der Waals surface area (Å²) in [6, 6.07) is 9.32. The Labute approximate surface area is 133 Å². The number of anilines is 1. The molecule has 0 unspecified atom stereocenters. The van der Waals surface area contributed by atoms with Gasteiger partial charge in [0.2, 0.25) is 6.79 Å². The molecule has 0 bridgehead atoms. The van der Waals surface area contributed by atoms with Gasteiger partial charge in [-0.05, 0) is 23.8 Å². The molecular weight excluding hydrogens is 306 g/mol. The molecule has 1 aliphatic heterocycles. The minimum absolute atomic E-state index is 0.264. The maximum atomic E-state index is 6.28. The van der Waals surface area contributed by atoms with Crippen LogP contribution in [-0.2, 0) is 6.54 Å². The first kappa shape index (κ1) is 14.7. The van der Waals surface area contributed by atoms with Crippen LogP contribution < -0.4 is 24.3 Å². The van der Waals surface area contributed by atoms with Gasteiger partial charge < -0.3 is 24.3 Å². The fourth-order valence-electron chi connectivity index (χ4n) is 2.24. The molecule has 0 saturated heterocycles. The summed E-state index contributed by atoms with van der Waals surface area (Å²) in [5.74, 6) is 2.76. The maximum Gasteiger partial charge on any atom is 0.231 e. The Morgan fingerprint density at radius 3 is 2.55 bits per heavy atom. The van der Waals surface area contributed by atoms with E-state index in [0.717, 1.165) is 22.7 Å². The van der Waals surface area contributed by atoms with E-state index in [2.05, 4.69) is 5.32 Å². The number of fused-ring (bicyclic) bond motifs is 1. The highest BCUT2D eigenvalue weighted by molar-refractivity contribution is 6.31. The molecule has 0 radical (unpaired) electrons. The summed E-state index contributed by atoms with van der Waals surface area (Å²) >= 11 is 6.28. The van der Waals surface area contributed by atoms with Crippen molar-refractivity contribution in [2.45, 2.75) is 6.54 Å². The van der Waals surface area contributed by atoms with E-state index in [1.165, 1.54) is 0 Å². The fourth-order valence-corrected chi connectivity index (χ4v) is 2.46. The first-order chi connectivity index (χ1) is 10.7. The highest BCUT2D eigenvalue weighted by Crippen LogP contribution is 2.36. The number of ether oxygens (including phenoxy) is 4. The SMILES string of the molecule is COc1cc(Cl)c(CNc2ccc3c(c2)OCO3)cc1OC. The molecule has 1 N–H and O–H groups in total. The van der Waals surface area contributed by atoms with Crippen LogP contribution in [-0.4, -0.2) is 21.0 Å². The number of nitrogens with one attached hydrogen (secondary N) is 1. The average Bonchev–Trinajstić information content (AvgIpc) is 3.01. The smallest absolute Gasteiger partial charge is 0.231 e. The zero-order chi connectivity index (χ0) is 15.5. The quantitative estimate of drug-likeness (QED) is 0.910. The van der Waals surface area contributed by atoms with Crippen molar-refractivity contribution in [3.63, 3.8) is 0 Å². The second kappa shape index (κ2) is 6.23. The van der Waals surface area contributed by atoms with Gasteiger partial charge in [-0.15, -0.1) is 0 Å². The van der Waals surface area contributed by atoms with E-state index in [9.17, 15) is 0 Å². The van der Waals surface area contributed by atoms with E-state index < -0.39 is 0 Å². The van der Waals surface area contributed by atoms with Crippen molar-refractivity contribution in [2.75, 3.05) is 26.3 Å². The minimum Gasteiger partial charge on any atom is -0.493 e. The van der Waals surface area contributed by atoms with Crippen molar-refractivity contribution >= 4 is 17.3 Å². The molecule has 1 heterocycles. The normalized spacial score (nSPS) is 12.1. The first-order valence-electron chi connectivity index (χ1n) is 6.75. The largest absolute Gasteiger partial charge is 0.493 e. The van der Waals surface area contributed by atoms with Gasteiger partial charge in [0, 0.05) is 29.4 Å². The number of methoxy groups -OCH3 is 2. The minimum atomic E-state index is 0.264. The fraction of sp³-hybridized carbons (Fsp3) is 0.250. The van der Waals surface area contributed by atoms with E-state index in [1.54, 1.807) is 20.3 Å². The van der Waals surface area contributed by atoms with Crippen molar-refractivity contribution < 1.29 is 18.9 Å². The van der Waals surface area contributed by atoms with Crippen molar-refractivity contribution in [3.8, 4) is 23.0 Å². The molecule has 5 nitrogen and oxygen atoms in total. The van der Waals surface area contributed by atoms with Gasteiger partial charge >= 0.3 is 0 Å². The van der Waals surface area contributed by atoms with E-state index in [0.29, 0.717) is 23.1 Å². The zero-order valence-corrected chi connectivity index (χ0v) is 13.1. The molecule has 6 heteroatoms. The Hall–Kier alpha value is -2.27. The summed E-state index contributed by atoms with van der Waals surface area (Å²) in [5.41, 5.74) is 1.84. The summed E-state index contributed by atoms with van der Waals surface area (Å²) in [6.45, 7) is 0.819. The lowest BCUT2D eigenvalue weighted by Gasteiger charge is -2.13. The third-order valence-corrected chi connectivity index (χ3v) is 3.76. The number of hydrogen-bond acceptors (Lipinski definition) is 5. The van der Waals surface area contributed by atoms with Gasteiger partial charge in [0.15, 0.2) is 23.0 Å². The molecule has 0 amide bonds. The van der Waals surface area contributed by atoms with Gasteiger partial charge in [0.25, 0.3) is 0 Å². The molecule has 2 aromatic rings. The number of benzene rings is 2. The number of halogens is 1. The topological polar surface area (TPSA) is 49.0 Å². The second-order valence-corrected chi connectivity index (χ2v) is 5.13. The zero-order valence-electron chi connectivity index (χ0n) is 12.3. The molecule has 2 aromatic carbocycles. The Balaban J connectivity index is 1.76. The highest BCUT2D eigenvalue weighted by Gasteiger charge is 2.14. The predicted molar refractivity (Wildman–Crippen MR) is 84.4 cm³/mol. The van der Waals surface area contributed by atoms with Crippen molar-refractivity contribution in [1.82, 2.24) is 0 Å². The molecule has 1 aliphatic rings. The Morgan fingerprint density at radius 2 is 1.77 bits per heavy atom. The molecule has 0 atom stereocenters. The van der Waals surface area contributed by atoms with Crippen LogP contribution in [0.15, 0.2) is 30.3 Å². The monoisotopic (exact) mass is 321 g/mol. The van der Waals surface area contributed by atoms with Crippen molar-refractivity contribution in [2.24, 2.45) is 0 Å². The van der Waals surface area contributed by atoms with Gasteiger partial charge in [-0.3, -0.25) is 0 Å². The average molecular weight is 322 g/mol. The lowest BCUT2D eigenvalue weighted by atomic mass is 10.2. The van der Waals surface area contributed by atoms with Gasteiger partial charge in [-0.1, -0.05) is 11.6 Å². The van der Waals surface area contributed by atoms with Gasteiger partial charge in [-0.25, -0.2) is 0 Å². The summed E-state index contributed by atoms with van der Waals surface area (Å²) in [5, 5.41) is 3.92. The van der Waals surface area contributed by atoms with Gasteiger partial charge in [-0.2, -0.15) is 0 Å². The molecule has 22 heavy (non-hydrogen) atoms. The molecule has 0 spiro atoms. The van der Waals surface area contributed by atoms with E-state index >= 15 is 0 Å². The van der Waals surface area contributed by atoms with E-state index in [4.69, 9.17) is 30.5 Å². The molecule has 0 aliphatic carbocycles. The molecule has 3 rings (SSSR count). The Morgan fingerprint density at radius 1 is 1.05 bits per heavy atom. The second-order valence-electron chi connectivity index (χ2n) is 4.72. The van der Waals surface area contributed by atoms with Crippen LogP contribution in [0.4, 0.5) is 5.69 Å². The van der Waals surface area contributed by atoms with Crippen LogP contribution in [0.2, 0.25) is 5.02 Å². The third kappa shape index (κ3) is 2.85. The van der Waals surface area contributed by atoms with Gasteiger partial charge in [0.1, 0.15) is 0 Å². The molecule has 0 saturated carbocycles. The van der Waals surface area contributed by atoms with E-state index in [-0.39, 0.29) is 6.79 Å². The standard InChI is InChI=1S/C16H16ClNO4/c1-19-14-5-10(12(17)7-15(14)20-2)8-18-11-3-4-13-16(6-11)22-9-21-13/h3-7,18H,8-9H2,1-2H3. The molecular formula is C16H16ClNO4. The lowest BCUT2D eigenvalue weighted by molar-refractivity contribution is 0.174. The van der Waals surface area contributed by atoms with Crippen LogP contribution in [0.5, 0.6) is 23.0 Å².